The number of amides is 4. The first-order valence-corrected chi connectivity index (χ1v) is 12.3. The summed E-state index contributed by atoms with van der Waals surface area (Å²) in [7, 11) is 0. The van der Waals surface area contributed by atoms with Gasteiger partial charge in [0.1, 0.15) is 5.54 Å². The number of carbonyl (C=O) groups is 3. The van der Waals surface area contributed by atoms with Gasteiger partial charge in [-0.3, -0.25) is 14.5 Å². The van der Waals surface area contributed by atoms with Crippen LogP contribution in [0.25, 0.3) is 0 Å². The molecule has 6 rings (SSSR count). The van der Waals surface area contributed by atoms with Gasteiger partial charge in [-0.25, -0.2) is 4.79 Å². The van der Waals surface area contributed by atoms with Crippen LogP contribution in [0.4, 0.5) is 4.79 Å². The highest BCUT2D eigenvalue weighted by molar-refractivity contribution is 6.07. The Kier molecular flexibility index (Phi) is 4.98. The maximum absolute atomic E-state index is 13.7. The van der Waals surface area contributed by atoms with Crippen LogP contribution in [0.1, 0.15) is 71.6 Å². The van der Waals surface area contributed by atoms with Gasteiger partial charge >= 0.3 is 6.03 Å². The Hall–Kier alpha value is -1.85. The van der Waals surface area contributed by atoms with Gasteiger partial charge in [0.15, 0.2) is 0 Å². The largest absolute Gasteiger partial charge is 0.342 e. The van der Waals surface area contributed by atoms with E-state index in [2.05, 4.69) is 16.8 Å². The first kappa shape index (κ1) is 21.0. The molecule has 31 heavy (non-hydrogen) atoms. The number of urea groups is 1. The van der Waals surface area contributed by atoms with Crippen molar-refractivity contribution in [1.82, 2.24) is 15.1 Å². The number of carbonyl (C=O) groups excluding carboxylic acids is 3. The second kappa shape index (κ2) is 7.35. The van der Waals surface area contributed by atoms with E-state index in [1.807, 2.05) is 13.8 Å². The number of imide groups is 1. The third-order valence-electron chi connectivity index (χ3n) is 9.16. The summed E-state index contributed by atoms with van der Waals surface area (Å²) in [6.07, 6.45) is 9.46. The third-order valence-corrected chi connectivity index (χ3v) is 9.16. The average molecular weight is 428 g/mol. The molecule has 4 amide bonds. The molecular weight excluding hydrogens is 390 g/mol. The lowest BCUT2D eigenvalue weighted by molar-refractivity contribution is -0.159. The Balaban J connectivity index is 1.27. The molecule has 0 aromatic rings. The van der Waals surface area contributed by atoms with Gasteiger partial charge in [-0.1, -0.05) is 19.1 Å². The van der Waals surface area contributed by atoms with Gasteiger partial charge in [0.05, 0.1) is 12.0 Å². The average Bonchev–Trinajstić information content (AvgIpc) is 2.97. The lowest BCUT2D eigenvalue weighted by Gasteiger charge is -2.57. The van der Waals surface area contributed by atoms with Gasteiger partial charge < -0.3 is 10.2 Å². The first-order valence-electron chi connectivity index (χ1n) is 12.3. The molecule has 0 aromatic carbocycles. The zero-order chi connectivity index (χ0) is 22.0. The van der Waals surface area contributed by atoms with E-state index in [1.54, 1.807) is 0 Å². The van der Waals surface area contributed by atoms with Gasteiger partial charge in [0.2, 0.25) is 5.91 Å². The fourth-order valence-corrected chi connectivity index (χ4v) is 8.15. The first-order chi connectivity index (χ1) is 14.8. The van der Waals surface area contributed by atoms with Gasteiger partial charge in [-0.2, -0.15) is 0 Å². The highest BCUT2D eigenvalue weighted by atomic mass is 16.2. The minimum Gasteiger partial charge on any atom is -0.342 e. The fourth-order valence-electron chi connectivity index (χ4n) is 8.15. The maximum Gasteiger partial charge on any atom is 0.325 e. The molecule has 1 N–H and O–H groups in total. The predicted molar refractivity (Wildman–Crippen MR) is 118 cm³/mol. The smallest absolute Gasteiger partial charge is 0.325 e. The molecule has 4 bridgehead atoms. The molecule has 170 valence electrons. The minimum atomic E-state index is -0.831. The minimum absolute atomic E-state index is 0.0736. The van der Waals surface area contributed by atoms with E-state index >= 15 is 0 Å². The van der Waals surface area contributed by atoms with Crippen molar-refractivity contribution in [2.75, 3.05) is 19.6 Å². The van der Waals surface area contributed by atoms with Crippen molar-refractivity contribution in [2.24, 2.45) is 29.1 Å². The van der Waals surface area contributed by atoms with Crippen LogP contribution in [0.2, 0.25) is 0 Å². The number of rotatable bonds is 5. The molecule has 4 aliphatic carbocycles. The van der Waals surface area contributed by atoms with Crippen molar-refractivity contribution in [3.8, 4) is 0 Å². The molecule has 1 atom stereocenters. The van der Waals surface area contributed by atoms with E-state index < -0.39 is 5.54 Å². The summed E-state index contributed by atoms with van der Waals surface area (Å²) in [5.74, 6) is 2.64. The number of likely N-dealkylation sites (tertiary alicyclic amines) is 1. The normalized spacial score (nSPS) is 39.9. The quantitative estimate of drug-likeness (QED) is 0.537. The Morgan fingerprint density at radius 1 is 1.06 bits per heavy atom. The molecule has 2 heterocycles. The molecule has 6 fully saturated rings. The summed E-state index contributed by atoms with van der Waals surface area (Å²) in [5, 5.41) is 3.04. The molecule has 4 saturated carbocycles. The molecule has 2 aliphatic heterocycles. The van der Waals surface area contributed by atoms with E-state index in [9.17, 15) is 14.4 Å². The van der Waals surface area contributed by atoms with Gasteiger partial charge in [0.25, 0.3) is 5.91 Å². The topological polar surface area (TPSA) is 69.7 Å². The van der Waals surface area contributed by atoms with Gasteiger partial charge in [0, 0.05) is 13.1 Å². The summed E-state index contributed by atoms with van der Waals surface area (Å²) in [5.41, 5.74) is -0.131. The number of hydrogen-bond acceptors (Lipinski definition) is 3. The number of nitrogens with one attached hydrogen (secondary N) is 1. The Morgan fingerprint density at radius 3 is 2.10 bits per heavy atom. The Bertz CT molecular complexity index is 778. The molecule has 6 nitrogen and oxygen atoms in total. The van der Waals surface area contributed by atoms with Crippen LogP contribution in [0.15, 0.2) is 12.2 Å². The van der Waals surface area contributed by atoms with Crippen molar-refractivity contribution in [2.45, 2.75) is 77.2 Å². The molecule has 2 saturated heterocycles. The molecule has 1 unspecified atom stereocenters. The molecule has 6 aliphatic rings. The standard InChI is InChI=1S/C25H37N3O3/c1-4-25(22(30)28(15-16(2)3)23(31)26-25)20-5-7-27(8-6-20)21(29)24-12-17-9-18(13-24)11-19(10-17)14-24/h17-20H,2,4-15H2,1,3H3,(H,26,31). The van der Waals surface area contributed by atoms with Crippen molar-refractivity contribution in [1.29, 1.82) is 0 Å². The fraction of sp³-hybridized carbons (Fsp3) is 0.800. The molecule has 0 radical (unpaired) electrons. The van der Waals surface area contributed by atoms with E-state index in [0.29, 0.717) is 25.4 Å². The van der Waals surface area contributed by atoms with Gasteiger partial charge in [-0.15, -0.1) is 0 Å². The molecule has 0 aromatic heterocycles. The SMILES string of the molecule is C=C(C)CN1C(=O)NC(CC)(C2CCN(C(=O)C34CC5CC(CC(C5)C3)C4)CC2)C1=O. The monoisotopic (exact) mass is 427 g/mol. The Labute approximate surface area is 185 Å². The maximum atomic E-state index is 13.7. The predicted octanol–water partition coefficient (Wildman–Crippen LogP) is 3.72. The molecule has 0 spiro atoms. The lowest BCUT2D eigenvalue weighted by atomic mass is 9.49. The summed E-state index contributed by atoms with van der Waals surface area (Å²) < 4.78 is 0. The molecule has 6 heteroatoms. The highest BCUT2D eigenvalue weighted by Gasteiger charge is 2.58. The van der Waals surface area contributed by atoms with Crippen LogP contribution in [0.3, 0.4) is 0 Å². The van der Waals surface area contributed by atoms with Crippen molar-refractivity contribution in [3.05, 3.63) is 12.2 Å². The van der Waals surface area contributed by atoms with Gasteiger partial charge in [-0.05, 0) is 88.4 Å². The van der Waals surface area contributed by atoms with Crippen molar-refractivity contribution < 1.29 is 14.4 Å². The number of piperidine rings is 1. The second-order valence-electron chi connectivity index (χ2n) is 11.4. The van der Waals surface area contributed by atoms with E-state index in [-0.39, 0.29) is 29.8 Å². The summed E-state index contributed by atoms with van der Waals surface area (Å²) in [4.78, 5) is 42.9. The zero-order valence-electron chi connectivity index (χ0n) is 19.1. The molecular formula is C25H37N3O3. The van der Waals surface area contributed by atoms with Crippen molar-refractivity contribution >= 4 is 17.8 Å². The van der Waals surface area contributed by atoms with E-state index in [1.165, 1.54) is 24.2 Å². The number of nitrogens with zero attached hydrogens (tertiary/aromatic N) is 2. The summed E-state index contributed by atoms with van der Waals surface area (Å²) in [6, 6.07) is -0.304. The van der Waals surface area contributed by atoms with E-state index in [0.717, 1.165) is 55.4 Å². The van der Waals surface area contributed by atoms with Crippen molar-refractivity contribution in [3.63, 3.8) is 0 Å². The van der Waals surface area contributed by atoms with Crippen LogP contribution in [-0.2, 0) is 9.59 Å². The van der Waals surface area contributed by atoms with Crippen LogP contribution in [-0.4, -0.2) is 52.8 Å². The second-order valence-corrected chi connectivity index (χ2v) is 11.4. The van der Waals surface area contributed by atoms with Crippen LogP contribution < -0.4 is 5.32 Å². The zero-order valence-corrected chi connectivity index (χ0v) is 19.1. The van der Waals surface area contributed by atoms with Crippen LogP contribution in [0, 0.1) is 29.1 Å². The third kappa shape index (κ3) is 3.23. The highest BCUT2D eigenvalue weighted by Crippen LogP contribution is 2.60. The number of hydrogen-bond donors (Lipinski definition) is 1. The summed E-state index contributed by atoms with van der Waals surface area (Å²) in [6.45, 7) is 9.36. The Morgan fingerprint density at radius 2 is 1.61 bits per heavy atom. The lowest BCUT2D eigenvalue weighted by Crippen LogP contribution is -2.59. The van der Waals surface area contributed by atoms with Crippen LogP contribution >= 0.6 is 0 Å². The van der Waals surface area contributed by atoms with E-state index in [4.69, 9.17) is 0 Å². The summed E-state index contributed by atoms with van der Waals surface area (Å²) >= 11 is 0. The van der Waals surface area contributed by atoms with Crippen LogP contribution in [0.5, 0.6) is 0 Å².